The fourth-order valence-electron chi connectivity index (χ4n) is 2.90. The molecule has 25 heavy (non-hydrogen) atoms. The van der Waals surface area contributed by atoms with Crippen LogP contribution in [-0.4, -0.2) is 26.8 Å². The third-order valence-electron chi connectivity index (χ3n) is 4.42. The Morgan fingerprint density at radius 2 is 2.08 bits per heavy atom. The van der Waals surface area contributed by atoms with Crippen molar-refractivity contribution in [2.75, 3.05) is 0 Å². The number of nitrogens with zero attached hydrogens (tertiary/aromatic N) is 3. The molecule has 3 aromatic rings. The van der Waals surface area contributed by atoms with Gasteiger partial charge in [-0.1, -0.05) is 30.3 Å². The van der Waals surface area contributed by atoms with Crippen molar-refractivity contribution in [3.63, 3.8) is 0 Å². The first-order valence-electron chi connectivity index (χ1n) is 8.44. The summed E-state index contributed by atoms with van der Waals surface area (Å²) in [6.07, 6.45) is 5.71. The molecule has 2 aromatic heterocycles. The number of benzene rings is 1. The van der Waals surface area contributed by atoms with E-state index in [2.05, 4.69) is 29.0 Å². The van der Waals surface area contributed by atoms with Gasteiger partial charge in [-0.2, -0.15) is 0 Å². The fourth-order valence-corrected chi connectivity index (χ4v) is 3.78. The summed E-state index contributed by atoms with van der Waals surface area (Å²) in [4.78, 5) is 23.7. The standard InChI is InChI=1S/C20H19N3OS/c1-14-5-2-3-7-17(14)19-22-18(13-25-19)20(24)23(16-8-9-16)12-15-6-4-10-21-11-15/h2-7,10-11,13,16H,8-9,12H2,1H3. The number of amides is 1. The summed E-state index contributed by atoms with van der Waals surface area (Å²) in [6, 6.07) is 12.4. The number of pyridine rings is 1. The van der Waals surface area contributed by atoms with Gasteiger partial charge in [0, 0.05) is 35.9 Å². The lowest BCUT2D eigenvalue weighted by atomic mass is 10.1. The van der Waals surface area contributed by atoms with Crippen molar-refractivity contribution in [1.29, 1.82) is 0 Å². The molecule has 0 saturated heterocycles. The first-order chi connectivity index (χ1) is 12.2. The molecule has 1 fully saturated rings. The fraction of sp³-hybridized carbons (Fsp3) is 0.250. The Morgan fingerprint density at radius 3 is 2.80 bits per heavy atom. The quantitative estimate of drug-likeness (QED) is 0.689. The maximum Gasteiger partial charge on any atom is 0.273 e. The average molecular weight is 349 g/mol. The van der Waals surface area contributed by atoms with Crippen molar-refractivity contribution in [1.82, 2.24) is 14.9 Å². The minimum atomic E-state index is 0.0161. The van der Waals surface area contributed by atoms with Gasteiger partial charge < -0.3 is 4.90 Å². The van der Waals surface area contributed by atoms with Crippen LogP contribution in [0.4, 0.5) is 0 Å². The van der Waals surface area contributed by atoms with E-state index in [0.29, 0.717) is 18.3 Å². The number of rotatable bonds is 5. The summed E-state index contributed by atoms with van der Waals surface area (Å²) in [5, 5.41) is 2.78. The summed E-state index contributed by atoms with van der Waals surface area (Å²) < 4.78 is 0. The van der Waals surface area contributed by atoms with Crippen molar-refractivity contribution in [3.8, 4) is 10.6 Å². The maximum absolute atomic E-state index is 13.0. The van der Waals surface area contributed by atoms with Gasteiger partial charge in [0.05, 0.1) is 0 Å². The summed E-state index contributed by atoms with van der Waals surface area (Å²) in [6.45, 7) is 2.66. The van der Waals surface area contributed by atoms with Gasteiger partial charge in [-0.15, -0.1) is 11.3 Å². The predicted octanol–water partition coefficient (Wildman–Crippen LogP) is 4.32. The zero-order valence-corrected chi connectivity index (χ0v) is 14.9. The van der Waals surface area contributed by atoms with Crippen LogP contribution in [0.15, 0.2) is 54.2 Å². The van der Waals surface area contributed by atoms with E-state index in [0.717, 1.165) is 29.0 Å². The van der Waals surface area contributed by atoms with E-state index >= 15 is 0 Å². The topological polar surface area (TPSA) is 46.1 Å². The van der Waals surface area contributed by atoms with Crippen LogP contribution in [0.3, 0.4) is 0 Å². The minimum Gasteiger partial charge on any atom is -0.330 e. The second-order valence-electron chi connectivity index (χ2n) is 6.38. The number of aromatic nitrogens is 2. The van der Waals surface area contributed by atoms with Gasteiger partial charge >= 0.3 is 0 Å². The van der Waals surface area contributed by atoms with Gasteiger partial charge in [0.2, 0.25) is 0 Å². The molecule has 0 N–H and O–H groups in total. The minimum absolute atomic E-state index is 0.0161. The molecule has 2 heterocycles. The van der Waals surface area contributed by atoms with Gasteiger partial charge in [-0.3, -0.25) is 9.78 Å². The van der Waals surface area contributed by atoms with Crippen LogP contribution in [0.25, 0.3) is 10.6 Å². The molecule has 1 amide bonds. The van der Waals surface area contributed by atoms with Crippen molar-refractivity contribution >= 4 is 17.2 Å². The molecule has 4 rings (SSSR count). The van der Waals surface area contributed by atoms with Crippen LogP contribution >= 0.6 is 11.3 Å². The lowest BCUT2D eigenvalue weighted by Crippen LogP contribution is -2.32. The number of hydrogen-bond donors (Lipinski definition) is 0. The van der Waals surface area contributed by atoms with Crippen LogP contribution in [0.1, 0.15) is 34.5 Å². The van der Waals surface area contributed by atoms with Crippen LogP contribution in [-0.2, 0) is 6.54 Å². The van der Waals surface area contributed by atoms with Crippen molar-refractivity contribution < 1.29 is 4.79 Å². The van der Waals surface area contributed by atoms with E-state index in [4.69, 9.17) is 0 Å². The van der Waals surface area contributed by atoms with E-state index in [1.54, 1.807) is 6.20 Å². The number of thiazole rings is 1. The number of aryl methyl sites for hydroxylation is 1. The Kier molecular flexibility index (Phi) is 4.32. The molecule has 1 aliphatic rings. The first kappa shape index (κ1) is 16.0. The highest BCUT2D eigenvalue weighted by atomic mass is 32.1. The second kappa shape index (κ2) is 6.76. The van der Waals surface area contributed by atoms with Crippen LogP contribution < -0.4 is 0 Å². The first-order valence-corrected chi connectivity index (χ1v) is 9.32. The molecule has 1 aromatic carbocycles. The molecular weight excluding hydrogens is 330 g/mol. The van der Waals surface area contributed by atoms with E-state index in [-0.39, 0.29) is 5.91 Å². The van der Waals surface area contributed by atoms with Gasteiger partial charge in [0.15, 0.2) is 0 Å². The van der Waals surface area contributed by atoms with Crippen LogP contribution in [0.2, 0.25) is 0 Å². The molecule has 0 radical (unpaired) electrons. The van der Waals surface area contributed by atoms with Crippen molar-refractivity contribution in [2.45, 2.75) is 32.4 Å². The third kappa shape index (κ3) is 3.46. The molecule has 0 bridgehead atoms. The smallest absolute Gasteiger partial charge is 0.273 e. The van der Waals surface area contributed by atoms with E-state index in [1.807, 2.05) is 40.7 Å². The third-order valence-corrected chi connectivity index (χ3v) is 5.30. The maximum atomic E-state index is 13.0. The molecule has 1 aliphatic carbocycles. The average Bonchev–Trinajstić information content (AvgIpc) is 3.37. The van der Waals surface area contributed by atoms with Gasteiger partial charge in [-0.05, 0) is 37.0 Å². The summed E-state index contributed by atoms with van der Waals surface area (Å²) in [5.41, 5.74) is 3.86. The van der Waals surface area contributed by atoms with E-state index < -0.39 is 0 Å². The lowest BCUT2D eigenvalue weighted by molar-refractivity contribution is 0.0724. The largest absolute Gasteiger partial charge is 0.330 e. The molecule has 126 valence electrons. The number of carbonyl (C=O) groups is 1. The lowest BCUT2D eigenvalue weighted by Gasteiger charge is -2.21. The molecular formula is C20H19N3OS. The highest BCUT2D eigenvalue weighted by Gasteiger charge is 2.34. The Morgan fingerprint density at radius 1 is 1.24 bits per heavy atom. The van der Waals surface area contributed by atoms with Gasteiger partial charge in [0.25, 0.3) is 5.91 Å². The normalized spacial score (nSPS) is 13.6. The molecule has 5 heteroatoms. The van der Waals surface area contributed by atoms with E-state index in [1.165, 1.54) is 16.9 Å². The molecule has 0 spiro atoms. The van der Waals surface area contributed by atoms with Gasteiger partial charge in [-0.25, -0.2) is 4.98 Å². The summed E-state index contributed by atoms with van der Waals surface area (Å²) in [7, 11) is 0. The Labute approximate surface area is 151 Å². The molecule has 4 nitrogen and oxygen atoms in total. The molecule has 0 atom stereocenters. The number of hydrogen-bond acceptors (Lipinski definition) is 4. The summed E-state index contributed by atoms with van der Waals surface area (Å²) in [5.74, 6) is 0.0161. The molecule has 0 unspecified atom stereocenters. The Hall–Kier alpha value is -2.53. The monoisotopic (exact) mass is 349 g/mol. The highest BCUT2D eigenvalue weighted by molar-refractivity contribution is 7.13. The van der Waals surface area contributed by atoms with E-state index in [9.17, 15) is 4.79 Å². The molecule has 1 saturated carbocycles. The zero-order chi connectivity index (χ0) is 17.2. The van der Waals surface area contributed by atoms with Crippen molar-refractivity contribution in [3.05, 3.63) is 71.0 Å². The summed E-state index contributed by atoms with van der Waals surface area (Å²) >= 11 is 1.53. The SMILES string of the molecule is Cc1ccccc1-c1nc(C(=O)N(Cc2cccnc2)C2CC2)cs1. The van der Waals surface area contributed by atoms with Crippen LogP contribution in [0, 0.1) is 6.92 Å². The second-order valence-corrected chi connectivity index (χ2v) is 7.24. The highest BCUT2D eigenvalue weighted by Crippen LogP contribution is 2.31. The Bertz CT molecular complexity index is 887. The Balaban J connectivity index is 1.58. The van der Waals surface area contributed by atoms with Crippen molar-refractivity contribution in [2.24, 2.45) is 0 Å². The van der Waals surface area contributed by atoms with Gasteiger partial charge in [0.1, 0.15) is 10.7 Å². The number of carbonyl (C=O) groups excluding carboxylic acids is 1. The molecule has 0 aliphatic heterocycles. The van der Waals surface area contributed by atoms with Crippen LogP contribution in [0.5, 0.6) is 0 Å². The predicted molar refractivity (Wildman–Crippen MR) is 99.4 cm³/mol. The zero-order valence-electron chi connectivity index (χ0n) is 14.1.